The highest BCUT2D eigenvalue weighted by Crippen LogP contribution is 2.24. The van der Waals surface area contributed by atoms with E-state index < -0.39 is 0 Å². The van der Waals surface area contributed by atoms with E-state index in [4.69, 9.17) is 21.1 Å². The number of carbonyl (C=O) groups is 2. The van der Waals surface area contributed by atoms with E-state index in [0.29, 0.717) is 60.2 Å². The van der Waals surface area contributed by atoms with Crippen molar-refractivity contribution < 1.29 is 19.1 Å². The van der Waals surface area contributed by atoms with Crippen molar-refractivity contribution in [1.82, 2.24) is 9.80 Å². The zero-order chi connectivity index (χ0) is 20.1. The Kier molecular flexibility index (Phi) is 6.41. The molecule has 1 heterocycles. The molecule has 0 radical (unpaired) electrons. The van der Waals surface area contributed by atoms with E-state index in [0.717, 1.165) is 0 Å². The quantitative estimate of drug-likeness (QED) is 0.787. The molecule has 2 aromatic rings. The number of carbonyl (C=O) groups excluding carboxylic acids is 2. The van der Waals surface area contributed by atoms with Gasteiger partial charge in [-0.15, -0.1) is 0 Å². The van der Waals surface area contributed by atoms with Crippen LogP contribution in [0.3, 0.4) is 0 Å². The lowest BCUT2D eigenvalue weighted by Gasteiger charge is -2.22. The molecule has 1 saturated heterocycles. The van der Waals surface area contributed by atoms with E-state index in [1.807, 2.05) is 0 Å². The molecular formula is C21H23ClN2O4. The van der Waals surface area contributed by atoms with Crippen LogP contribution in [0.25, 0.3) is 0 Å². The number of hydrogen-bond donors (Lipinski definition) is 0. The molecule has 7 heteroatoms. The number of ether oxygens (including phenoxy) is 2. The molecule has 148 valence electrons. The first-order valence-electron chi connectivity index (χ1n) is 9.09. The first kappa shape index (κ1) is 20.0. The first-order chi connectivity index (χ1) is 13.5. The second-order valence-electron chi connectivity index (χ2n) is 6.55. The third-order valence-corrected chi connectivity index (χ3v) is 5.01. The average molecular weight is 403 g/mol. The summed E-state index contributed by atoms with van der Waals surface area (Å²) in [5.74, 6) is 0.987. The van der Waals surface area contributed by atoms with Crippen LogP contribution in [-0.4, -0.2) is 62.0 Å². The maximum absolute atomic E-state index is 13.0. The van der Waals surface area contributed by atoms with E-state index in [2.05, 4.69) is 0 Å². The molecule has 0 aromatic heterocycles. The van der Waals surface area contributed by atoms with Crippen LogP contribution in [0.1, 0.15) is 27.1 Å². The molecule has 1 aliphatic rings. The Labute approximate surface area is 169 Å². The molecule has 1 aliphatic heterocycles. The fourth-order valence-corrected chi connectivity index (χ4v) is 3.34. The highest BCUT2D eigenvalue weighted by Gasteiger charge is 2.24. The predicted octanol–water partition coefficient (Wildman–Crippen LogP) is 3.35. The number of nitrogens with zero attached hydrogens (tertiary/aromatic N) is 2. The van der Waals surface area contributed by atoms with Gasteiger partial charge in [-0.3, -0.25) is 9.59 Å². The minimum absolute atomic E-state index is 0.0472. The topological polar surface area (TPSA) is 59.1 Å². The number of rotatable bonds is 4. The van der Waals surface area contributed by atoms with E-state index in [-0.39, 0.29) is 11.8 Å². The minimum Gasteiger partial charge on any atom is -0.497 e. The lowest BCUT2D eigenvalue weighted by Crippen LogP contribution is -2.37. The van der Waals surface area contributed by atoms with Gasteiger partial charge in [-0.05, 0) is 42.8 Å². The Bertz CT molecular complexity index is 832. The molecule has 0 atom stereocenters. The zero-order valence-electron chi connectivity index (χ0n) is 16.0. The molecule has 28 heavy (non-hydrogen) atoms. The minimum atomic E-state index is -0.0991. The molecule has 2 amide bonds. The molecule has 0 unspecified atom stereocenters. The number of benzene rings is 2. The molecule has 0 spiro atoms. The Balaban J connectivity index is 1.70. The van der Waals surface area contributed by atoms with Crippen LogP contribution >= 0.6 is 11.6 Å². The molecule has 0 aliphatic carbocycles. The van der Waals surface area contributed by atoms with E-state index >= 15 is 0 Å². The summed E-state index contributed by atoms with van der Waals surface area (Å²) in [5.41, 5.74) is 1.11. The molecule has 0 N–H and O–H groups in total. The third kappa shape index (κ3) is 4.57. The Morgan fingerprint density at radius 1 is 0.786 bits per heavy atom. The van der Waals surface area contributed by atoms with Crippen LogP contribution in [0.5, 0.6) is 11.5 Å². The van der Waals surface area contributed by atoms with Crippen molar-refractivity contribution in [1.29, 1.82) is 0 Å². The molecule has 1 fully saturated rings. The van der Waals surface area contributed by atoms with Gasteiger partial charge in [0.15, 0.2) is 0 Å². The van der Waals surface area contributed by atoms with Gasteiger partial charge in [0.05, 0.1) is 14.2 Å². The van der Waals surface area contributed by atoms with Crippen LogP contribution in [-0.2, 0) is 0 Å². The van der Waals surface area contributed by atoms with Gasteiger partial charge in [0.25, 0.3) is 11.8 Å². The van der Waals surface area contributed by atoms with Crippen molar-refractivity contribution in [2.45, 2.75) is 6.42 Å². The number of methoxy groups -OCH3 is 2. The molecule has 6 nitrogen and oxygen atoms in total. The highest BCUT2D eigenvalue weighted by atomic mass is 35.5. The normalized spacial score (nSPS) is 14.4. The summed E-state index contributed by atoms with van der Waals surface area (Å²) in [7, 11) is 3.10. The predicted molar refractivity (Wildman–Crippen MR) is 107 cm³/mol. The van der Waals surface area contributed by atoms with Gasteiger partial charge in [0.2, 0.25) is 0 Å². The second-order valence-corrected chi connectivity index (χ2v) is 6.98. The Morgan fingerprint density at radius 3 is 1.79 bits per heavy atom. The maximum atomic E-state index is 13.0. The molecule has 0 saturated carbocycles. The third-order valence-electron chi connectivity index (χ3n) is 4.76. The smallest absolute Gasteiger partial charge is 0.254 e. The van der Waals surface area contributed by atoms with Crippen molar-refractivity contribution in [2.75, 3.05) is 40.4 Å². The summed E-state index contributed by atoms with van der Waals surface area (Å²) < 4.78 is 10.5. The van der Waals surface area contributed by atoms with Crippen LogP contribution in [0.4, 0.5) is 0 Å². The first-order valence-corrected chi connectivity index (χ1v) is 9.47. The lowest BCUT2D eigenvalue weighted by molar-refractivity contribution is 0.0718. The lowest BCUT2D eigenvalue weighted by atomic mass is 10.1. The van der Waals surface area contributed by atoms with Gasteiger partial charge in [-0.25, -0.2) is 0 Å². The van der Waals surface area contributed by atoms with Gasteiger partial charge in [0, 0.05) is 48.4 Å². The van der Waals surface area contributed by atoms with E-state index in [1.54, 1.807) is 66.5 Å². The van der Waals surface area contributed by atoms with Crippen LogP contribution in [0, 0.1) is 0 Å². The number of hydrogen-bond acceptors (Lipinski definition) is 4. The summed E-state index contributed by atoms with van der Waals surface area (Å²) in [4.78, 5) is 29.2. The van der Waals surface area contributed by atoms with Gasteiger partial charge in [-0.1, -0.05) is 11.6 Å². The summed E-state index contributed by atoms with van der Waals surface area (Å²) in [5, 5.41) is 0.595. The molecule has 3 rings (SSSR count). The van der Waals surface area contributed by atoms with E-state index in [1.165, 1.54) is 0 Å². The average Bonchev–Trinajstić information content (AvgIpc) is 2.99. The van der Waals surface area contributed by atoms with Crippen molar-refractivity contribution in [2.24, 2.45) is 0 Å². The Morgan fingerprint density at radius 2 is 1.29 bits per heavy atom. The van der Waals surface area contributed by atoms with Crippen LogP contribution in [0.2, 0.25) is 5.02 Å². The Hall–Kier alpha value is -2.73. The monoisotopic (exact) mass is 402 g/mol. The van der Waals surface area contributed by atoms with Gasteiger partial charge in [-0.2, -0.15) is 0 Å². The van der Waals surface area contributed by atoms with Crippen molar-refractivity contribution in [3.63, 3.8) is 0 Å². The molecule has 2 aromatic carbocycles. The van der Waals surface area contributed by atoms with Crippen molar-refractivity contribution in [3.05, 3.63) is 58.6 Å². The largest absolute Gasteiger partial charge is 0.497 e. The SMILES string of the molecule is COc1cc(OC)cc(C(=O)N2CCCN(C(=O)c3ccc(Cl)cc3)CC2)c1. The fraction of sp³-hybridized carbons (Fsp3) is 0.333. The zero-order valence-corrected chi connectivity index (χ0v) is 16.7. The molecule has 0 bridgehead atoms. The number of halogens is 1. The van der Waals surface area contributed by atoms with Crippen LogP contribution < -0.4 is 9.47 Å². The van der Waals surface area contributed by atoms with Gasteiger partial charge < -0.3 is 19.3 Å². The van der Waals surface area contributed by atoms with Gasteiger partial charge in [0.1, 0.15) is 11.5 Å². The second kappa shape index (κ2) is 8.97. The highest BCUT2D eigenvalue weighted by molar-refractivity contribution is 6.30. The standard InChI is InChI=1S/C21H23ClN2O4/c1-27-18-12-16(13-19(14-18)28-2)21(26)24-9-3-8-23(10-11-24)20(25)15-4-6-17(22)7-5-15/h4-7,12-14H,3,8-11H2,1-2H3. The van der Waals surface area contributed by atoms with E-state index in [9.17, 15) is 9.59 Å². The summed E-state index contributed by atoms with van der Waals surface area (Å²) in [6.45, 7) is 2.14. The number of amides is 2. The fourth-order valence-electron chi connectivity index (χ4n) is 3.21. The summed E-state index contributed by atoms with van der Waals surface area (Å²) >= 11 is 5.90. The van der Waals surface area contributed by atoms with Crippen molar-refractivity contribution >= 4 is 23.4 Å². The van der Waals surface area contributed by atoms with Gasteiger partial charge >= 0.3 is 0 Å². The van der Waals surface area contributed by atoms with Crippen LogP contribution in [0.15, 0.2) is 42.5 Å². The van der Waals surface area contributed by atoms with Crippen molar-refractivity contribution in [3.8, 4) is 11.5 Å². The summed E-state index contributed by atoms with van der Waals surface area (Å²) in [6.07, 6.45) is 0.714. The maximum Gasteiger partial charge on any atom is 0.254 e. The summed E-state index contributed by atoms with van der Waals surface area (Å²) in [6, 6.07) is 12.0. The molecular weight excluding hydrogens is 380 g/mol.